The van der Waals surface area contributed by atoms with Crippen LogP contribution in [0, 0.1) is 6.92 Å². The molecule has 0 aliphatic carbocycles. The van der Waals surface area contributed by atoms with Gasteiger partial charge in [-0.05, 0) is 13.3 Å². The lowest BCUT2D eigenvalue weighted by Crippen LogP contribution is -2.08. The summed E-state index contributed by atoms with van der Waals surface area (Å²) in [6.07, 6.45) is 1.09. The third kappa shape index (κ3) is 4.38. The van der Waals surface area contributed by atoms with E-state index in [0.29, 0.717) is 0 Å². The lowest BCUT2D eigenvalue weighted by molar-refractivity contribution is 0.953. The van der Waals surface area contributed by atoms with Crippen LogP contribution in [0.4, 0.5) is 11.6 Å². The maximum Gasteiger partial charge on any atom is 0.131 e. The first-order valence-corrected chi connectivity index (χ1v) is 5.83. The lowest BCUT2D eigenvalue weighted by atomic mass is 10.4. The summed E-state index contributed by atoms with van der Waals surface area (Å²) >= 11 is 4.14. The standard InChI is InChI=1S/C10H18N4S/c1-3-4-11-9-7-10(12-5-6-15)14-8(2)13-9/h7,15H,3-6H2,1-2H3,(H2,11,12,13,14). The maximum absolute atomic E-state index is 4.30. The first kappa shape index (κ1) is 12.1. The number of hydrogen-bond acceptors (Lipinski definition) is 5. The van der Waals surface area contributed by atoms with Crippen molar-refractivity contribution in [2.45, 2.75) is 20.3 Å². The second-order valence-electron chi connectivity index (χ2n) is 3.26. The predicted octanol–water partition coefficient (Wildman–Crippen LogP) is 1.95. The number of nitrogens with zero attached hydrogens (tertiary/aromatic N) is 2. The van der Waals surface area contributed by atoms with Crippen LogP contribution in [-0.4, -0.2) is 28.8 Å². The van der Waals surface area contributed by atoms with Crippen LogP contribution in [0.15, 0.2) is 6.07 Å². The van der Waals surface area contributed by atoms with E-state index in [9.17, 15) is 0 Å². The van der Waals surface area contributed by atoms with E-state index in [-0.39, 0.29) is 0 Å². The Morgan fingerprint density at radius 1 is 1.20 bits per heavy atom. The highest BCUT2D eigenvalue weighted by Gasteiger charge is 2.00. The predicted molar refractivity (Wildman–Crippen MR) is 67.9 cm³/mol. The van der Waals surface area contributed by atoms with Crippen molar-refractivity contribution in [1.82, 2.24) is 9.97 Å². The minimum Gasteiger partial charge on any atom is -0.370 e. The molecule has 0 fully saturated rings. The third-order valence-corrected chi connectivity index (χ3v) is 2.04. The minimum atomic E-state index is 0.776. The van der Waals surface area contributed by atoms with Gasteiger partial charge in [0.2, 0.25) is 0 Å². The number of anilines is 2. The number of aryl methyl sites for hydroxylation is 1. The zero-order valence-electron chi connectivity index (χ0n) is 9.25. The van der Waals surface area contributed by atoms with Crippen molar-refractivity contribution in [3.63, 3.8) is 0 Å². The second-order valence-corrected chi connectivity index (χ2v) is 3.71. The molecule has 0 atom stereocenters. The van der Waals surface area contributed by atoms with Crippen LogP contribution < -0.4 is 10.6 Å². The summed E-state index contributed by atoms with van der Waals surface area (Å²) in [5, 5.41) is 6.43. The van der Waals surface area contributed by atoms with Crippen LogP contribution >= 0.6 is 12.6 Å². The van der Waals surface area contributed by atoms with E-state index in [1.54, 1.807) is 0 Å². The van der Waals surface area contributed by atoms with Crippen LogP contribution in [0.25, 0.3) is 0 Å². The molecule has 0 saturated carbocycles. The van der Waals surface area contributed by atoms with Gasteiger partial charge in [-0.3, -0.25) is 0 Å². The Hall–Kier alpha value is -0.970. The highest BCUT2D eigenvalue weighted by atomic mass is 32.1. The first-order valence-electron chi connectivity index (χ1n) is 5.20. The number of thiol groups is 1. The monoisotopic (exact) mass is 226 g/mol. The number of aromatic nitrogens is 2. The summed E-state index contributed by atoms with van der Waals surface area (Å²) in [6, 6.07) is 1.92. The third-order valence-electron chi connectivity index (χ3n) is 1.81. The number of hydrogen-bond donors (Lipinski definition) is 3. The van der Waals surface area contributed by atoms with Crippen molar-refractivity contribution in [2.75, 3.05) is 29.5 Å². The minimum absolute atomic E-state index is 0.776. The van der Waals surface area contributed by atoms with Gasteiger partial charge in [0.05, 0.1) is 0 Å². The summed E-state index contributed by atoms with van der Waals surface area (Å²) in [5.74, 6) is 3.31. The number of rotatable bonds is 6. The van der Waals surface area contributed by atoms with Crippen LogP contribution in [-0.2, 0) is 0 Å². The molecule has 0 bridgehead atoms. The molecule has 0 unspecified atom stereocenters. The van der Waals surface area contributed by atoms with Gasteiger partial charge in [0.1, 0.15) is 17.5 Å². The molecule has 4 nitrogen and oxygen atoms in total. The van der Waals surface area contributed by atoms with Crippen LogP contribution in [0.1, 0.15) is 19.2 Å². The SMILES string of the molecule is CCCNc1cc(NCCS)nc(C)n1. The highest BCUT2D eigenvalue weighted by Crippen LogP contribution is 2.10. The average Bonchev–Trinajstić information content (AvgIpc) is 2.23. The normalized spacial score (nSPS) is 10.1. The molecule has 1 rings (SSSR count). The van der Waals surface area contributed by atoms with Gasteiger partial charge in [0.15, 0.2) is 0 Å². The van der Waals surface area contributed by atoms with Crippen molar-refractivity contribution >= 4 is 24.3 Å². The average molecular weight is 226 g/mol. The zero-order chi connectivity index (χ0) is 11.1. The fourth-order valence-corrected chi connectivity index (χ4v) is 1.30. The zero-order valence-corrected chi connectivity index (χ0v) is 10.1. The van der Waals surface area contributed by atoms with Crippen molar-refractivity contribution in [3.05, 3.63) is 11.9 Å². The summed E-state index contributed by atoms with van der Waals surface area (Å²) in [6.45, 7) is 5.76. The molecule has 0 amide bonds. The fraction of sp³-hybridized carbons (Fsp3) is 0.600. The molecule has 0 radical (unpaired) electrons. The molecule has 1 aromatic heterocycles. The lowest BCUT2D eigenvalue weighted by Gasteiger charge is -2.08. The Labute approximate surface area is 96.3 Å². The van der Waals surface area contributed by atoms with Crippen LogP contribution in [0.2, 0.25) is 0 Å². The van der Waals surface area contributed by atoms with E-state index in [4.69, 9.17) is 0 Å². The van der Waals surface area contributed by atoms with Crippen molar-refractivity contribution < 1.29 is 0 Å². The Morgan fingerprint density at radius 3 is 2.33 bits per heavy atom. The van der Waals surface area contributed by atoms with Crippen molar-refractivity contribution in [2.24, 2.45) is 0 Å². The smallest absolute Gasteiger partial charge is 0.131 e. The summed E-state index contributed by atoms with van der Waals surface area (Å²) in [4.78, 5) is 8.58. The van der Waals surface area contributed by atoms with Gasteiger partial charge in [-0.15, -0.1) is 0 Å². The van der Waals surface area contributed by atoms with E-state index in [1.165, 1.54) is 0 Å². The Kier molecular flexibility index (Phi) is 5.25. The van der Waals surface area contributed by atoms with E-state index in [1.807, 2.05) is 13.0 Å². The topological polar surface area (TPSA) is 49.8 Å². The van der Waals surface area contributed by atoms with Crippen molar-refractivity contribution in [1.29, 1.82) is 0 Å². The molecule has 2 N–H and O–H groups in total. The van der Waals surface area contributed by atoms with Crippen LogP contribution in [0.5, 0.6) is 0 Å². The van der Waals surface area contributed by atoms with Gasteiger partial charge in [-0.2, -0.15) is 12.6 Å². The molecule has 0 aliphatic heterocycles. The number of nitrogens with one attached hydrogen (secondary N) is 2. The highest BCUT2D eigenvalue weighted by molar-refractivity contribution is 7.80. The first-order chi connectivity index (χ1) is 7.26. The molecule has 0 saturated heterocycles. The van der Waals surface area contributed by atoms with Gasteiger partial charge < -0.3 is 10.6 Å². The molecule has 1 heterocycles. The quantitative estimate of drug-likeness (QED) is 0.649. The molecular weight excluding hydrogens is 208 g/mol. The van der Waals surface area contributed by atoms with E-state index >= 15 is 0 Å². The largest absolute Gasteiger partial charge is 0.370 e. The summed E-state index contributed by atoms with van der Waals surface area (Å²) < 4.78 is 0. The van der Waals surface area contributed by atoms with E-state index in [0.717, 1.165) is 42.7 Å². The molecule has 5 heteroatoms. The molecule has 1 aromatic rings. The Bertz CT molecular complexity index is 277. The Morgan fingerprint density at radius 2 is 1.80 bits per heavy atom. The van der Waals surface area contributed by atoms with Gasteiger partial charge in [-0.25, -0.2) is 9.97 Å². The van der Waals surface area contributed by atoms with E-state index < -0.39 is 0 Å². The molecule has 0 aliphatic rings. The molecule has 84 valence electrons. The molecule has 0 spiro atoms. The van der Waals surface area contributed by atoms with Gasteiger partial charge in [0.25, 0.3) is 0 Å². The fourth-order valence-electron chi connectivity index (χ4n) is 1.19. The summed E-state index contributed by atoms with van der Waals surface area (Å²) in [5.41, 5.74) is 0. The van der Waals surface area contributed by atoms with Crippen molar-refractivity contribution in [3.8, 4) is 0 Å². The van der Waals surface area contributed by atoms with Gasteiger partial charge >= 0.3 is 0 Å². The van der Waals surface area contributed by atoms with Gasteiger partial charge in [0, 0.05) is 24.9 Å². The Balaban J connectivity index is 2.66. The van der Waals surface area contributed by atoms with Gasteiger partial charge in [-0.1, -0.05) is 6.92 Å². The molecule has 0 aromatic carbocycles. The summed E-state index contributed by atoms with van der Waals surface area (Å²) in [7, 11) is 0. The molecule has 15 heavy (non-hydrogen) atoms. The molecular formula is C10H18N4S. The maximum atomic E-state index is 4.30. The van der Waals surface area contributed by atoms with E-state index in [2.05, 4.69) is 40.2 Å². The second kappa shape index (κ2) is 6.50. The van der Waals surface area contributed by atoms with Crippen LogP contribution in [0.3, 0.4) is 0 Å².